The molecule has 0 fully saturated rings. The van der Waals surface area contributed by atoms with Gasteiger partial charge in [0.1, 0.15) is 12.2 Å². The van der Waals surface area contributed by atoms with Gasteiger partial charge in [-0.05, 0) is 6.92 Å². The van der Waals surface area contributed by atoms with Crippen molar-refractivity contribution in [3.05, 3.63) is 6.33 Å². The summed E-state index contributed by atoms with van der Waals surface area (Å²) in [5, 5.41) is 41.2. The summed E-state index contributed by atoms with van der Waals surface area (Å²) in [5.41, 5.74) is 0.702. The van der Waals surface area contributed by atoms with Crippen LogP contribution in [0.25, 0.3) is 11.2 Å². The van der Waals surface area contributed by atoms with E-state index in [1.54, 1.807) is 25.0 Å². The fourth-order valence-corrected chi connectivity index (χ4v) is 2.28. The van der Waals surface area contributed by atoms with Gasteiger partial charge in [0.25, 0.3) is 17.0 Å². The molecule has 0 aliphatic heterocycles. The Hall–Kier alpha value is -2.01. The molecule has 0 aliphatic carbocycles. The maximum Gasteiger partial charge on any atom is 0.279 e. The number of hydrogen-bond donors (Lipinski definition) is 5. The molecule has 2 atom stereocenters. The van der Waals surface area contributed by atoms with Crippen molar-refractivity contribution >= 4 is 17.1 Å². The summed E-state index contributed by atoms with van der Waals surface area (Å²) in [7, 11) is 3.31. The number of aliphatic hydroxyl groups is 3. The van der Waals surface area contributed by atoms with Gasteiger partial charge in [0.15, 0.2) is 0 Å². The zero-order valence-corrected chi connectivity index (χ0v) is 13.2. The fraction of sp³-hybridized carbons (Fsp3) is 0.615. The van der Waals surface area contributed by atoms with Gasteiger partial charge in [-0.1, -0.05) is 0 Å². The van der Waals surface area contributed by atoms with Gasteiger partial charge >= 0.3 is 0 Å². The third kappa shape index (κ3) is 3.34. The highest BCUT2D eigenvalue weighted by Gasteiger charge is 2.32. The third-order valence-electron chi connectivity index (χ3n) is 3.39. The van der Waals surface area contributed by atoms with Crippen LogP contribution in [0, 0.1) is 0 Å². The first-order valence-electron chi connectivity index (χ1n) is 7.13. The summed E-state index contributed by atoms with van der Waals surface area (Å²) in [6.07, 6.45) is -1.14. The first-order chi connectivity index (χ1) is 10.9. The summed E-state index contributed by atoms with van der Waals surface area (Å²) in [6.45, 7) is 0.725. The van der Waals surface area contributed by atoms with Gasteiger partial charge in [-0.25, -0.2) is 4.57 Å². The van der Waals surface area contributed by atoms with Gasteiger partial charge in [-0.15, -0.1) is 0 Å². The Balaban J connectivity index is 2.57. The standard InChI is InChI=1S/C13H21N5O5/c1-7(21)12(23-8(4-19)5-20)18-6-17(3)9-10(18)15-13(14-2)16-11(9)22/h6-8,12,19-21H,4-5H2,1-3H3,(H-,14,15,16,22)/p+1/t7-,12+/m0/s1. The Morgan fingerprint density at radius 1 is 1.35 bits per heavy atom. The zero-order valence-electron chi connectivity index (χ0n) is 13.2. The second kappa shape index (κ2) is 7.04. The lowest BCUT2D eigenvalue weighted by Crippen LogP contribution is -2.33. The molecule has 10 heteroatoms. The van der Waals surface area contributed by atoms with Crippen LogP contribution in [0.2, 0.25) is 0 Å². The summed E-state index contributed by atoms with van der Waals surface area (Å²) in [6, 6.07) is 0. The lowest BCUT2D eigenvalue weighted by Gasteiger charge is -2.22. The number of fused-ring (bicyclic) bond motifs is 1. The van der Waals surface area contributed by atoms with Gasteiger partial charge in [0, 0.05) is 7.05 Å². The predicted octanol–water partition coefficient (Wildman–Crippen LogP) is -1.75. The average Bonchev–Trinajstić information content (AvgIpc) is 2.85. The van der Waals surface area contributed by atoms with Crippen molar-refractivity contribution in [1.29, 1.82) is 0 Å². The molecule has 5 N–H and O–H groups in total. The molecule has 2 heterocycles. The number of aliphatic hydroxyl groups excluding tert-OH is 3. The van der Waals surface area contributed by atoms with Gasteiger partial charge in [0.05, 0.1) is 20.3 Å². The number of imidazole rings is 1. The van der Waals surface area contributed by atoms with Crippen molar-refractivity contribution in [2.45, 2.75) is 25.4 Å². The van der Waals surface area contributed by atoms with Gasteiger partial charge in [-0.2, -0.15) is 14.5 Å². The van der Waals surface area contributed by atoms with E-state index in [0.29, 0.717) is 11.2 Å². The van der Waals surface area contributed by atoms with E-state index in [-0.39, 0.29) is 11.8 Å². The summed E-state index contributed by atoms with van der Waals surface area (Å²) < 4.78 is 8.68. The van der Waals surface area contributed by atoms with Crippen LogP contribution in [0.1, 0.15) is 13.2 Å². The molecule has 2 rings (SSSR count). The van der Waals surface area contributed by atoms with Crippen LogP contribution in [-0.2, 0) is 11.8 Å². The largest absolute Gasteiger partial charge is 0.490 e. The molecule has 0 saturated carbocycles. The zero-order chi connectivity index (χ0) is 17.1. The van der Waals surface area contributed by atoms with Gasteiger partial charge in [0.2, 0.25) is 18.5 Å². The van der Waals surface area contributed by atoms with Crippen molar-refractivity contribution in [1.82, 2.24) is 14.5 Å². The molecule has 0 saturated heterocycles. The van der Waals surface area contributed by atoms with Gasteiger partial charge in [-0.3, -0.25) is 0 Å². The summed E-state index contributed by atoms with van der Waals surface area (Å²) in [4.78, 5) is 8.19. The number of hydrogen-bond acceptors (Lipinski definition) is 8. The first kappa shape index (κ1) is 17.3. The minimum atomic E-state index is -0.957. The first-order valence-corrected chi connectivity index (χ1v) is 7.13. The highest BCUT2D eigenvalue weighted by atomic mass is 16.5. The molecule has 0 bridgehead atoms. The normalized spacial score (nSPS) is 14.4. The Morgan fingerprint density at radius 3 is 2.52 bits per heavy atom. The Labute approximate surface area is 132 Å². The average molecular weight is 328 g/mol. The molecule has 0 spiro atoms. The van der Waals surface area contributed by atoms with E-state index in [2.05, 4.69) is 15.3 Å². The molecule has 0 amide bonds. The van der Waals surface area contributed by atoms with Crippen LogP contribution < -0.4 is 9.88 Å². The second-order valence-corrected chi connectivity index (χ2v) is 5.18. The maximum absolute atomic E-state index is 10.1. The van der Waals surface area contributed by atoms with Crippen molar-refractivity contribution in [3.8, 4) is 5.88 Å². The van der Waals surface area contributed by atoms with Crippen LogP contribution in [0.3, 0.4) is 0 Å². The molecule has 23 heavy (non-hydrogen) atoms. The number of aromatic hydroxyl groups is 1. The topological polar surface area (TPSA) is 137 Å². The number of nitrogens with zero attached hydrogens (tertiary/aromatic N) is 4. The van der Waals surface area contributed by atoms with E-state index in [9.17, 15) is 20.4 Å². The lowest BCUT2D eigenvalue weighted by atomic mass is 10.3. The van der Waals surface area contributed by atoms with E-state index in [0.717, 1.165) is 0 Å². The molecular formula is C13H22N5O5+. The molecule has 0 aromatic carbocycles. The molecule has 2 aromatic rings. The van der Waals surface area contributed by atoms with Crippen LogP contribution in [0.15, 0.2) is 6.33 Å². The summed E-state index contributed by atoms with van der Waals surface area (Å²) in [5.74, 6) is -0.00836. The molecule has 128 valence electrons. The number of ether oxygens (including phenoxy) is 1. The minimum Gasteiger partial charge on any atom is -0.490 e. The van der Waals surface area contributed by atoms with Gasteiger partial charge < -0.3 is 30.5 Å². The van der Waals surface area contributed by atoms with Crippen LogP contribution >= 0.6 is 0 Å². The van der Waals surface area contributed by atoms with Crippen LogP contribution in [0.5, 0.6) is 5.88 Å². The highest BCUT2D eigenvalue weighted by molar-refractivity contribution is 5.74. The third-order valence-corrected chi connectivity index (χ3v) is 3.39. The number of nitrogens with one attached hydrogen (secondary N) is 1. The summed E-state index contributed by atoms with van der Waals surface area (Å²) >= 11 is 0. The van der Waals surface area contributed by atoms with E-state index in [1.807, 2.05) is 0 Å². The van der Waals surface area contributed by atoms with Crippen molar-refractivity contribution in [2.75, 3.05) is 25.6 Å². The SMILES string of the molecule is CNc1nc(O)c2c(n1)n([C@H](OC(CO)CO)[C@H](C)O)c[n+]2C. The Bertz CT molecular complexity index is 670. The number of aryl methyl sites for hydroxylation is 1. The smallest absolute Gasteiger partial charge is 0.279 e. The quantitative estimate of drug-likeness (QED) is 0.378. The molecule has 0 unspecified atom stereocenters. The lowest BCUT2D eigenvalue weighted by molar-refractivity contribution is -0.646. The Kier molecular flexibility index (Phi) is 5.31. The molecule has 0 radical (unpaired) electrons. The van der Waals surface area contributed by atoms with E-state index in [4.69, 9.17) is 4.74 Å². The molecular weight excluding hydrogens is 306 g/mol. The predicted molar refractivity (Wildman–Crippen MR) is 79.7 cm³/mol. The van der Waals surface area contributed by atoms with Crippen LogP contribution in [-0.4, -0.2) is 67.4 Å². The van der Waals surface area contributed by atoms with E-state index < -0.39 is 31.6 Å². The molecule has 2 aromatic heterocycles. The minimum absolute atomic E-state index is 0.208. The Morgan fingerprint density at radius 2 is 2.00 bits per heavy atom. The monoisotopic (exact) mass is 328 g/mol. The number of aromatic nitrogens is 4. The number of anilines is 1. The number of rotatable bonds is 7. The molecule has 10 nitrogen and oxygen atoms in total. The molecule has 0 aliphatic rings. The van der Waals surface area contributed by atoms with E-state index in [1.165, 1.54) is 11.5 Å². The van der Waals surface area contributed by atoms with Crippen molar-refractivity contribution in [3.63, 3.8) is 0 Å². The maximum atomic E-state index is 10.1. The van der Waals surface area contributed by atoms with E-state index >= 15 is 0 Å². The van der Waals surface area contributed by atoms with Crippen LogP contribution in [0.4, 0.5) is 5.95 Å². The second-order valence-electron chi connectivity index (χ2n) is 5.18. The van der Waals surface area contributed by atoms with Crippen molar-refractivity contribution < 1.29 is 29.7 Å². The van der Waals surface area contributed by atoms with Crippen molar-refractivity contribution in [2.24, 2.45) is 7.05 Å². The fourth-order valence-electron chi connectivity index (χ4n) is 2.28. The highest BCUT2D eigenvalue weighted by Crippen LogP contribution is 2.25.